The number of Topliss-reactive ketones (excluding diaryl/α,β-unsaturated/α-hetero) is 1. The third-order valence-electron chi connectivity index (χ3n) is 5.29. The van der Waals surface area contributed by atoms with Gasteiger partial charge >= 0.3 is 6.18 Å². The Morgan fingerprint density at radius 3 is 2.03 bits per heavy atom. The van der Waals surface area contributed by atoms with E-state index in [1.165, 1.54) is 17.0 Å². The van der Waals surface area contributed by atoms with E-state index in [1.54, 1.807) is 16.2 Å². The molecular weight excluding hydrogens is 429 g/mol. The standard InChI is InChI=1S/C22H23F3N2O3S/c1-14-13-18(15(2)31-14)19(28)7-8-20(29)26-9-11-27(12-10-26)21(30)16-3-5-17(6-4-16)22(23,24)25/h3-6,13H,7-12H2,1-2H3. The molecule has 0 atom stereocenters. The summed E-state index contributed by atoms with van der Waals surface area (Å²) in [5, 5.41) is 0. The second-order valence-corrected chi connectivity index (χ2v) is 8.96. The number of piperazine rings is 1. The van der Waals surface area contributed by atoms with Crippen LogP contribution in [0.4, 0.5) is 13.2 Å². The monoisotopic (exact) mass is 452 g/mol. The van der Waals surface area contributed by atoms with E-state index >= 15 is 0 Å². The molecule has 2 amide bonds. The zero-order valence-electron chi connectivity index (χ0n) is 17.3. The molecule has 1 saturated heterocycles. The van der Waals surface area contributed by atoms with Gasteiger partial charge < -0.3 is 9.80 Å². The molecule has 0 spiro atoms. The topological polar surface area (TPSA) is 57.7 Å². The Bertz CT molecular complexity index is 975. The second kappa shape index (κ2) is 9.21. The van der Waals surface area contributed by atoms with Crippen LogP contribution < -0.4 is 0 Å². The van der Waals surface area contributed by atoms with Crippen LogP contribution in [0.2, 0.25) is 0 Å². The van der Waals surface area contributed by atoms with Crippen LogP contribution in [0.3, 0.4) is 0 Å². The molecule has 1 aliphatic heterocycles. The van der Waals surface area contributed by atoms with Crippen LogP contribution in [-0.2, 0) is 11.0 Å². The van der Waals surface area contributed by atoms with E-state index in [9.17, 15) is 27.6 Å². The van der Waals surface area contributed by atoms with Crippen molar-refractivity contribution < 1.29 is 27.6 Å². The van der Waals surface area contributed by atoms with Crippen molar-refractivity contribution in [2.75, 3.05) is 26.2 Å². The Kier molecular flexibility index (Phi) is 6.83. The molecule has 1 aromatic heterocycles. The van der Waals surface area contributed by atoms with Gasteiger partial charge in [0.25, 0.3) is 5.91 Å². The number of rotatable bonds is 5. The van der Waals surface area contributed by atoms with Crippen LogP contribution >= 0.6 is 11.3 Å². The van der Waals surface area contributed by atoms with Crippen molar-refractivity contribution >= 4 is 28.9 Å². The summed E-state index contributed by atoms with van der Waals surface area (Å²) in [5.74, 6) is -0.551. The van der Waals surface area contributed by atoms with Gasteiger partial charge in [0.2, 0.25) is 5.91 Å². The third kappa shape index (κ3) is 5.52. The van der Waals surface area contributed by atoms with Gasteiger partial charge in [-0.25, -0.2) is 0 Å². The van der Waals surface area contributed by atoms with Crippen molar-refractivity contribution in [3.8, 4) is 0 Å². The van der Waals surface area contributed by atoms with E-state index in [4.69, 9.17) is 0 Å². The van der Waals surface area contributed by atoms with E-state index in [1.807, 2.05) is 19.9 Å². The van der Waals surface area contributed by atoms with Crippen LogP contribution in [-0.4, -0.2) is 53.6 Å². The largest absolute Gasteiger partial charge is 0.416 e. The fourth-order valence-electron chi connectivity index (χ4n) is 3.56. The summed E-state index contributed by atoms with van der Waals surface area (Å²) in [4.78, 5) is 42.5. The summed E-state index contributed by atoms with van der Waals surface area (Å²) >= 11 is 1.55. The first-order valence-electron chi connectivity index (χ1n) is 9.91. The molecule has 0 aliphatic carbocycles. The summed E-state index contributed by atoms with van der Waals surface area (Å²) in [6, 6.07) is 5.96. The number of carbonyl (C=O) groups excluding carboxylic acids is 3. The fraction of sp³-hybridized carbons (Fsp3) is 0.409. The highest BCUT2D eigenvalue weighted by molar-refractivity contribution is 7.12. The van der Waals surface area contributed by atoms with Gasteiger partial charge in [0, 0.05) is 59.9 Å². The molecule has 1 fully saturated rings. The van der Waals surface area contributed by atoms with Gasteiger partial charge in [-0.3, -0.25) is 14.4 Å². The molecule has 1 aliphatic rings. The molecule has 0 unspecified atom stereocenters. The van der Waals surface area contributed by atoms with Crippen molar-refractivity contribution in [2.45, 2.75) is 32.9 Å². The van der Waals surface area contributed by atoms with E-state index < -0.39 is 11.7 Å². The molecule has 0 saturated carbocycles. The molecule has 31 heavy (non-hydrogen) atoms. The highest BCUT2D eigenvalue weighted by atomic mass is 32.1. The number of carbonyl (C=O) groups is 3. The number of alkyl halides is 3. The first kappa shape index (κ1) is 23.0. The molecule has 2 aromatic rings. The normalized spacial score (nSPS) is 14.6. The van der Waals surface area contributed by atoms with Crippen molar-refractivity contribution in [2.24, 2.45) is 0 Å². The predicted molar refractivity (Wildman–Crippen MR) is 111 cm³/mol. The molecule has 2 heterocycles. The summed E-state index contributed by atoms with van der Waals surface area (Å²) < 4.78 is 38.0. The highest BCUT2D eigenvalue weighted by Gasteiger charge is 2.31. The van der Waals surface area contributed by atoms with Crippen molar-refractivity contribution in [1.29, 1.82) is 0 Å². The number of hydrogen-bond acceptors (Lipinski definition) is 4. The molecule has 0 bridgehead atoms. The Balaban J connectivity index is 1.49. The van der Waals surface area contributed by atoms with Crippen LogP contribution in [0.25, 0.3) is 0 Å². The molecular formula is C22H23F3N2O3S. The number of amides is 2. The number of hydrogen-bond donors (Lipinski definition) is 0. The van der Waals surface area contributed by atoms with Crippen LogP contribution in [0.1, 0.15) is 48.9 Å². The summed E-state index contributed by atoms with van der Waals surface area (Å²) in [6.07, 6.45) is -4.20. The third-order valence-corrected chi connectivity index (χ3v) is 6.25. The number of ketones is 1. The Morgan fingerprint density at radius 2 is 1.52 bits per heavy atom. The van der Waals surface area contributed by atoms with Crippen molar-refractivity contribution in [3.05, 3.63) is 56.8 Å². The lowest BCUT2D eigenvalue weighted by molar-refractivity contribution is -0.137. The van der Waals surface area contributed by atoms with Crippen LogP contribution in [0.5, 0.6) is 0 Å². The van der Waals surface area contributed by atoms with Gasteiger partial charge in [0.1, 0.15) is 0 Å². The summed E-state index contributed by atoms with van der Waals surface area (Å²) in [6.45, 7) is 5.07. The molecule has 0 radical (unpaired) electrons. The smallest absolute Gasteiger partial charge is 0.339 e. The quantitative estimate of drug-likeness (QED) is 0.635. The van der Waals surface area contributed by atoms with Crippen molar-refractivity contribution in [1.82, 2.24) is 9.80 Å². The minimum atomic E-state index is -4.45. The van der Waals surface area contributed by atoms with E-state index in [-0.39, 0.29) is 36.0 Å². The van der Waals surface area contributed by atoms with E-state index in [0.717, 1.165) is 21.9 Å². The minimum absolute atomic E-state index is 0.0497. The maximum atomic E-state index is 12.7. The second-order valence-electron chi connectivity index (χ2n) is 7.50. The molecule has 9 heteroatoms. The lowest BCUT2D eigenvalue weighted by Gasteiger charge is -2.35. The average molecular weight is 452 g/mol. The molecule has 1 aromatic carbocycles. The number of halogens is 3. The SMILES string of the molecule is Cc1cc(C(=O)CCC(=O)N2CCN(C(=O)c3ccc(C(F)(F)F)cc3)CC2)c(C)s1. The predicted octanol–water partition coefficient (Wildman–Crippen LogP) is 4.33. The van der Waals surface area contributed by atoms with Gasteiger partial charge in [-0.05, 0) is 44.2 Å². The van der Waals surface area contributed by atoms with Gasteiger partial charge in [-0.1, -0.05) is 0 Å². The van der Waals surface area contributed by atoms with Gasteiger partial charge in [0.05, 0.1) is 5.56 Å². The summed E-state index contributed by atoms with van der Waals surface area (Å²) in [7, 11) is 0. The molecule has 0 N–H and O–H groups in total. The first-order chi connectivity index (χ1) is 14.6. The van der Waals surface area contributed by atoms with Gasteiger partial charge in [-0.15, -0.1) is 11.3 Å². The van der Waals surface area contributed by atoms with Crippen LogP contribution in [0, 0.1) is 13.8 Å². The molecule has 3 rings (SSSR count). The number of nitrogens with zero attached hydrogens (tertiary/aromatic N) is 2. The Hall–Kier alpha value is -2.68. The number of thiophene rings is 1. The molecule has 166 valence electrons. The molecule has 5 nitrogen and oxygen atoms in total. The van der Waals surface area contributed by atoms with E-state index in [0.29, 0.717) is 31.7 Å². The fourth-order valence-corrected chi connectivity index (χ4v) is 4.51. The van der Waals surface area contributed by atoms with Gasteiger partial charge in [0.15, 0.2) is 5.78 Å². The zero-order chi connectivity index (χ0) is 22.8. The summed E-state index contributed by atoms with van der Waals surface area (Å²) in [5.41, 5.74) is 0.0453. The maximum absolute atomic E-state index is 12.7. The van der Waals surface area contributed by atoms with Crippen LogP contribution in [0.15, 0.2) is 30.3 Å². The van der Waals surface area contributed by atoms with Gasteiger partial charge in [-0.2, -0.15) is 13.2 Å². The number of benzene rings is 1. The Morgan fingerprint density at radius 1 is 0.935 bits per heavy atom. The minimum Gasteiger partial charge on any atom is -0.339 e. The maximum Gasteiger partial charge on any atom is 0.416 e. The zero-order valence-corrected chi connectivity index (χ0v) is 18.1. The first-order valence-corrected chi connectivity index (χ1v) is 10.7. The highest BCUT2D eigenvalue weighted by Crippen LogP contribution is 2.29. The number of aryl methyl sites for hydroxylation is 2. The Labute approximate surface area is 182 Å². The lowest BCUT2D eigenvalue weighted by atomic mass is 10.1. The lowest BCUT2D eigenvalue weighted by Crippen LogP contribution is -2.50. The van der Waals surface area contributed by atoms with E-state index in [2.05, 4.69) is 0 Å². The average Bonchev–Trinajstić information content (AvgIpc) is 3.09. The van der Waals surface area contributed by atoms with Crippen molar-refractivity contribution in [3.63, 3.8) is 0 Å².